The lowest BCUT2D eigenvalue weighted by molar-refractivity contribution is 0.0619. The second-order valence-electron chi connectivity index (χ2n) is 3.81. The molecule has 0 atom stereocenters. The Morgan fingerprint density at radius 3 is 1.88 bits per heavy atom. The molecular weight excluding hydrogens is 210 g/mol. The van der Waals surface area contributed by atoms with E-state index in [-0.39, 0.29) is 24.8 Å². The van der Waals surface area contributed by atoms with Crippen molar-refractivity contribution in [1.29, 1.82) is 0 Å². The minimum atomic E-state index is -0.115. The van der Waals surface area contributed by atoms with Gasteiger partial charge in [-0.15, -0.1) is 0 Å². The summed E-state index contributed by atoms with van der Waals surface area (Å²) < 4.78 is 10.2. The lowest BCUT2D eigenvalue weighted by atomic mass is 9.99. The first-order valence-corrected chi connectivity index (χ1v) is 5.00. The van der Waals surface area contributed by atoms with Crippen LogP contribution in [0.5, 0.6) is 0 Å². The van der Waals surface area contributed by atoms with Crippen molar-refractivity contribution in [2.45, 2.75) is 13.2 Å². The molecular formula is C11H9NO4. The molecule has 0 unspecified atom stereocenters. The topological polar surface area (TPSA) is 65.5 Å². The standard InChI is InChI=1S/C11H9NO4/c13-10-4-15-2-8-6(10)1-7-9(12-8)3-16-5-11(7)14/h1H,2-5H2. The van der Waals surface area contributed by atoms with Gasteiger partial charge >= 0.3 is 0 Å². The van der Waals surface area contributed by atoms with E-state index in [1.54, 1.807) is 6.07 Å². The number of nitrogens with zero attached hydrogens (tertiary/aromatic N) is 1. The molecule has 0 saturated carbocycles. The number of hydrogen-bond acceptors (Lipinski definition) is 5. The van der Waals surface area contributed by atoms with E-state index in [4.69, 9.17) is 9.47 Å². The number of hydrogen-bond donors (Lipinski definition) is 0. The zero-order chi connectivity index (χ0) is 11.1. The van der Waals surface area contributed by atoms with Gasteiger partial charge in [0.1, 0.15) is 13.2 Å². The maximum absolute atomic E-state index is 11.6. The van der Waals surface area contributed by atoms with Crippen LogP contribution in [0.4, 0.5) is 0 Å². The fraction of sp³-hybridized carbons (Fsp3) is 0.364. The molecule has 0 amide bonds. The average molecular weight is 219 g/mol. The number of ether oxygens (including phenoxy) is 2. The average Bonchev–Trinajstić information content (AvgIpc) is 2.28. The Morgan fingerprint density at radius 1 is 0.875 bits per heavy atom. The van der Waals surface area contributed by atoms with Gasteiger partial charge in [-0.25, -0.2) is 0 Å². The van der Waals surface area contributed by atoms with Crippen LogP contribution in [0.25, 0.3) is 0 Å². The number of Topliss-reactive ketones (excluding diaryl/α,β-unsaturated/α-hetero) is 2. The molecule has 5 nitrogen and oxygen atoms in total. The third-order valence-corrected chi connectivity index (χ3v) is 2.73. The second-order valence-corrected chi connectivity index (χ2v) is 3.81. The van der Waals surface area contributed by atoms with Crippen LogP contribution in [-0.2, 0) is 22.7 Å². The molecule has 1 aromatic heterocycles. The van der Waals surface area contributed by atoms with Gasteiger partial charge in [0.25, 0.3) is 0 Å². The van der Waals surface area contributed by atoms with Gasteiger partial charge in [0.15, 0.2) is 11.6 Å². The number of fused-ring (bicyclic) bond motifs is 2. The van der Waals surface area contributed by atoms with Crippen molar-refractivity contribution in [1.82, 2.24) is 4.98 Å². The van der Waals surface area contributed by atoms with E-state index in [0.29, 0.717) is 35.7 Å². The van der Waals surface area contributed by atoms with Gasteiger partial charge in [-0.05, 0) is 6.07 Å². The molecule has 2 aliphatic heterocycles. The highest BCUT2D eigenvalue weighted by Gasteiger charge is 2.26. The molecule has 3 rings (SSSR count). The Kier molecular flexibility index (Phi) is 2.08. The summed E-state index contributed by atoms with van der Waals surface area (Å²) in [7, 11) is 0. The van der Waals surface area contributed by atoms with E-state index in [9.17, 15) is 9.59 Å². The Bertz CT molecular complexity index is 454. The molecule has 0 saturated heterocycles. The number of carbonyl (C=O) groups excluding carboxylic acids is 2. The molecule has 0 fully saturated rings. The van der Waals surface area contributed by atoms with E-state index in [1.807, 2.05) is 0 Å². The summed E-state index contributed by atoms with van der Waals surface area (Å²) in [4.78, 5) is 27.4. The molecule has 5 heteroatoms. The summed E-state index contributed by atoms with van der Waals surface area (Å²) in [6.45, 7) is 0.779. The highest BCUT2D eigenvalue weighted by Crippen LogP contribution is 2.22. The van der Waals surface area contributed by atoms with Crippen molar-refractivity contribution in [3.05, 3.63) is 28.6 Å². The van der Waals surface area contributed by atoms with Crippen molar-refractivity contribution in [2.75, 3.05) is 13.2 Å². The van der Waals surface area contributed by atoms with Crippen LogP contribution in [0.1, 0.15) is 32.1 Å². The molecule has 0 aliphatic carbocycles. The first-order chi connectivity index (χ1) is 7.75. The fourth-order valence-corrected chi connectivity index (χ4v) is 1.93. The largest absolute Gasteiger partial charge is 0.367 e. The molecule has 0 spiro atoms. The third-order valence-electron chi connectivity index (χ3n) is 2.73. The quantitative estimate of drug-likeness (QED) is 0.636. The van der Waals surface area contributed by atoms with Crippen LogP contribution < -0.4 is 0 Å². The Labute approximate surface area is 91.4 Å². The van der Waals surface area contributed by atoms with Crippen molar-refractivity contribution >= 4 is 11.6 Å². The highest BCUT2D eigenvalue weighted by atomic mass is 16.5. The number of carbonyl (C=O) groups is 2. The van der Waals surface area contributed by atoms with Gasteiger partial charge in [-0.3, -0.25) is 14.6 Å². The fourth-order valence-electron chi connectivity index (χ4n) is 1.93. The van der Waals surface area contributed by atoms with E-state index >= 15 is 0 Å². The predicted molar refractivity (Wildman–Crippen MR) is 52.2 cm³/mol. The molecule has 0 N–H and O–H groups in total. The van der Waals surface area contributed by atoms with Gasteiger partial charge in [0.2, 0.25) is 0 Å². The summed E-state index contributed by atoms with van der Waals surface area (Å²) >= 11 is 0. The van der Waals surface area contributed by atoms with Gasteiger partial charge in [-0.1, -0.05) is 0 Å². The molecule has 0 bridgehead atoms. The summed E-state index contributed by atoms with van der Waals surface area (Å²) in [5.74, 6) is -0.230. The highest BCUT2D eigenvalue weighted by molar-refractivity contribution is 6.04. The van der Waals surface area contributed by atoms with E-state index < -0.39 is 0 Å². The molecule has 0 aromatic carbocycles. The monoisotopic (exact) mass is 219 g/mol. The number of rotatable bonds is 0. The second kappa shape index (κ2) is 3.47. The minimum absolute atomic E-state index is 0.0676. The van der Waals surface area contributed by atoms with Crippen molar-refractivity contribution in [2.24, 2.45) is 0 Å². The smallest absolute Gasteiger partial charge is 0.190 e. The Morgan fingerprint density at radius 2 is 1.38 bits per heavy atom. The van der Waals surface area contributed by atoms with Gasteiger partial charge in [0.05, 0.1) is 24.6 Å². The van der Waals surface area contributed by atoms with Gasteiger partial charge in [-0.2, -0.15) is 0 Å². The summed E-state index contributed by atoms with van der Waals surface area (Å²) in [6.07, 6.45) is 0. The lowest BCUT2D eigenvalue weighted by Crippen LogP contribution is -2.25. The summed E-state index contributed by atoms with van der Waals surface area (Å²) in [5.41, 5.74) is 2.24. The van der Waals surface area contributed by atoms with E-state index in [2.05, 4.69) is 4.98 Å². The molecule has 3 heterocycles. The van der Waals surface area contributed by atoms with Crippen LogP contribution in [-0.4, -0.2) is 29.8 Å². The SMILES string of the molecule is O=C1COCc2nc3c(cc21)C(=O)COC3. The zero-order valence-electron chi connectivity index (χ0n) is 8.49. The third kappa shape index (κ3) is 1.36. The lowest BCUT2D eigenvalue weighted by Gasteiger charge is -2.20. The van der Waals surface area contributed by atoms with Crippen LogP contribution in [0, 0.1) is 0 Å². The molecule has 1 aromatic rings. The van der Waals surface area contributed by atoms with E-state index in [1.165, 1.54) is 0 Å². The Hall–Kier alpha value is -1.59. The van der Waals surface area contributed by atoms with E-state index in [0.717, 1.165) is 0 Å². The number of aromatic nitrogens is 1. The van der Waals surface area contributed by atoms with Gasteiger partial charge in [0, 0.05) is 11.1 Å². The van der Waals surface area contributed by atoms with Crippen LogP contribution in [0.2, 0.25) is 0 Å². The van der Waals surface area contributed by atoms with Crippen LogP contribution in [0.3, 0.4) is 0 Å². The maximum Gasteiger partial charge on any atom is 0.190 e. The van der Waals surface area contributed by atoms with Crippen molar-refractivity contribution < 1.29 is 19.1 Å². The van der Waals surface area contributed by atoms with Crippen molar-refractivity contribution in [3.63, 3.8) is 0 Å². The van der Waals surface area contributed by atoms with Crippen molar-refractivity contribution in [3.8, 4) is 0 Å². The minimum Gasteiger partial charge on any atom is -0.367 e. The number of ketones is 2. The summed E-state index contributed by atoms with van der Waals surface area (Å²) in [6, 6.07) is 1.63. The summed E-state index contributed by atoms with van der Waals surface area (Å²) in [5, 5.41) is 0. The zero-order valence-corrected chi connectivity index (χ0v) is 8.49. The first-order valence-electron chi connectivity index (χ1n) is 5.00. The Balaban J connectivity index is 2.18. The first kappa shape index (κ1) is 9.62. The van der Waals surface area contributed by atoms with Crippen LogP contribution >= 0.6 is 0 Å². The normalized spacial score (nSPS) is 19.2. The maximum atomic E-state index is 11.6. The number of pyridine rings is 1. The van der Waals surface area contributed by atoms with Gasteiger partial charge < -0.3 is 9.47 Å². The molecule has 16 heavy (non-hydrogen) atoms. The molecule has 2 aliphatic rings. The molecule has 82 valence electrons. The van der Waals surface area contributed by atoms with Crippen LogP contribution in [0.15, 0.2) is 6.07 Å². The predicted octanol–water partition coefficient (Wildman–Crippen LogP) is 0.507. The molecule has 0 radical (unpaired) electrons.